The van der Waals surface area contributed by atoms with Gasteiger partial charge in [-0.15, -0.1) is 10.2 Å². The number of esters is 1. The molecule has 10 heteroatoms. The molecule has 0 amide bonds. The summed E-state index contributed by atoms with van der Waals surface area (Å²) in [6.45, 7) is 6.46. The molecule has 170 valence electrons. The number of para-hydroxylation sites is 1. The maximum Gasteiger partial charge on any atom is 0.316 e. The largest absolute Gasteiger partial charge is 0.465 e. The van der Waals surface area contributed by atoms with Gasteiger partial charge in [-0.05, 0) is 31.2 Å². The lowest BCUT2D eigenvalue weighted by Gasteiger charge is -2.18. The van der Waals surface area contributed by atoms with Crippen molar-refractivity contribution in [3.8, 4) is 17.1 Å². The highest BCUT2D eigenvalue weighted by molar-refractivity contribution is 7.99. The van der Waals surface area contributed by atoms with Gasteiger partial charge in [0.25, 0.3) is 0 Å². The number of hydrogen-bond donors (Lipinski definition) is 0. The minimum atomic E-state index is -3.62. The highest BCUT2D eigenvalue weighted by Crippen LogP contribution is 2.29. The molecule has 8 nitrogen and oxygen atoms in total. The van der Waals surface area contributed by atoms with Crippen molar-refractivity contribution in [1.82, 2.24) is 19.1 Å². The minimum absolute atomic E-state index is 0.0924. The molecule has 0 aliphatic rings. The summed E-state index contributed by atoms with van der Waals surface area (Å²) in [5.41, 5.74) is 1.41. The Hall–Kier alpha value is -2.69. The summed E-state index contributed by atoms with van der Waals surface area (Å²) < 4.78 is 34.2. The van der Waals surface area contributed by atoms with Gasteiger partial charge in [-0.2, -0.15) is 4.31 Å². The van der Waals surface area contributed by atoms with Gasteiger partial charge in [-0.1, -0.05) is 55.9 Å². The quantitative estimate of drug-likeness (QED) is 0.327. The van der Waals surface area contributed by atoms with E-state index in [1.165, 1.54) is 16.1 Å². The third-order valence-corrected chi connectivity index (χ3v) is 7.66. The first-order valence-corrected chi connectivity index (χ1v) is 12.7. The maximum absolute atomic E-state index is 13.0. The van der Waals surface area contributed by atoms with Gasteiger partial charge in [-0.25, -0.2) is 8.42 Å². The zero-order valence-electron chi connectivity index (χ0n) is 18.3. The van der Waals surface area contributed by atoms with Crippen LogP contribution in [0.25, 0.3) is 17.1 Å². The average molecular weight is 475 g/mol. The van der Waals surface area contributed by atoms with Crippen LogP contribution >= 0.6 is 11.8 Å². The Kier molecular flexibility index (Phi) is 8.05. The van der Waals surface area contributed by atoms with Crippen LogP contribution in [0.2, 0.25) is 0 Å². The van der Waals surface area contributed by atoms with Crippen molar-refractivity contribution in [1.29, 1.82) is 0 Å². The summed E-state index contributed by atoms with van der Waals surface area (Å²) in [5, 5.41) is 9.11. The topological polar surface area (TPSA) is 94.4 Å². The van der Waals surface area contributed by atoms with Crippen molar-refractivity contribution in [3.63, 3.8) is 0 Å². The number of rotatable bonds is 10. The Balaban J connectivity index is 2.06. The summed E-state index contributed by atoms with van der Waals surface area (Å²) in [6.07, 6.45) is 0. The predicted molar refractivity (Wildman–Crippen MR) is 124 cm³/mol. The molecule has 1 heterocycles. The van der Waals surface area contributed by atoms with Crippen LogP contribution in [-0.2, 0) is 19.6 Å². The zero-order valence-corrected chi connectivity index (χ0v) is 19.9. The number of ether oxygens (including phenoxy) is 1. The van der Waals surface area contributed by atoms with E-state index in [4.69, 9.17) is 4.74 Å². The number of nitrogens with zero attached hydrogens (tertiary/aromatic N) is 4. The van der Waals surface area contributed by atoms with E-state index in [1.807, 2.05) is 48.7 Å². The zero-order chi connectivity index (χ0) is 23.1. The maximum atomic E-state index is 13.0. The monoisotopic (exact) mass is 474 g/mol. The molecule has 2 aromatic carbocycles. The lowest BCUT2D eigenvalue weighted by molar-refractivity contribution is -0.139. The van der Waals surface area contributed by atoms with Crippen molar-refractivity contribution in [3.05, 3.63) is 54.6 Å². The van der Waals surface area contributed by atoms with E-state index >= 15 is 0 Å². The molecular formula is C22H26N4O4S2. The van der Waals surface area contributed by atoms with Crippen molar-refractivity contribution in [2.45, 2.75) is 30.8 Å². The second-order valence-electron chi connectivity index (χ2n) is 6.69. The van der Waals surface area contributed by atoms with E-state index in [-0.39, 0.29) is 16.6 Å². The number of carbonyl (C=O) groups excluding carboxylic acids is 1. The van der Waals surface area contributed by atoms with E-state index in [0.29, 0.717) is 36.2 Å². The molecule has 0 saturated carbocycles. The van der Waals surface area contributed by atoms with Gasteiger partial charge in [0.1, 0.15) is 0 Å². The van der Waals surface area contributed by atoms with Crippen molar-refractivity contribution in [2.24, 2.45) is 0 Å². The van der Waals surface area contributed by atoms with E-state index in [0.717, 1.165) is 5.69 Å². The number of thioether (sulfide) groups is 1. The van der Waals surface area contributed by atoms with Crippen molar-refractivity contribution >= 4 is 27.8 Å². The molecule has 0 radical (unpaired) electrons. The Labute approximate surface area is 192 Å². The van der Waals surface area contributed by atoms with Crippen molar-refractivity contribution in [2.75, 3.05) is 25.4 Å². The SMILES string of the molecule is CCOC(=O)CSc1nnc(-c2cccc(S(=O)(=O)N(CC)CC)c2)n1-c1ccccc1. The Morgan fingerprint density at radius 1 is 1.03 bits per heavy atom. The number of carbonyl (C=O) groups is 1. The number of aromatic nitrogens is 3. The first-order valence-electron chi connectivity index (χ1n) is 10.3. The molecule has 3 rings (SSSR count). The van der Waals surface area contributed by atoms with Gasteiger partial charge in [0.05, 0.1) is 17.3 Å². The molecule has 0 spiro atoms. The molecule has 0 saturated heterocycles. The van der Waals surface area contributed by atoms with Crippen LogP contribution in [0.5, 0.6) is 0 Å². The molecular weight excluding hydrogens is 448 g/mol. The lowest BCUT2D eigenvalue weighted by atomic mass is 10.2. The molecule has 0 unspecified atom stereocenters. The van der Waals surface area contributed by atoms with Gasteiger partial charge in [0.15, 0.2) is 11.0 Å². The van der Waals surface area contributed by atoms with Crippen LogP contribution in [0.15, 0.2) is 64.6 Å². The first-order chi connectivity index (χ1) is 15.4. The molecule has 0 aliphatic heterocycles. The fourth-order valence-electron chi connectivity index (χ4n) is 3.19. The molecule has 3 aromatic rings. The standard InChI is InChI=1S/C22H26N4O4S2/c1-4-25(5-2)32(28,29)19-14-10-11-17(15-19)21-23-24-22(31-16-20(27)30-6-3)26(21)18-12-8-7-9-13-18/h7-15H,4-6,16H2,1-3H3. The van der Waals surface area contributed by atoms with Gasteiger partial charge >= 0.3 is 5.97 Å². The summed E-state index contributed by atoms with van der Waals surface area (Å²) >= 11 is 1.22. The summed E-state index contributed by atoms with van der Waals surface area (Å²) in [4.78, 5) is 12.0. The van der Waals surface area contributed by atoms with E-state index in [1.54, 1.807) is 31.2 Å². The second kappa shape index (κ2) is 10.8. The molecule has 0 atom stereocenters. The third kappa shape index (κ3) is 5.20. The fraction of sp³-hybridized carbons (Fsp3) is 0.318. The highest BCUT2D eigenvalue weighted by Gasteiger charge is 2.23. The van der Waals surface area contributed by atoms with Gasteiger partial charge in [0, 0.05) is 24.3 Å². The average Bonchev–Trinajstić information content (AvgIpc) is 3.23. The molecule has 0 aliphatic carbocycles. The predicted octanol–water partition coefficient (Wildman–Crippen LogP) is 3.62. The Morgan fingerprint density at radius 2 is 1.75 bits per heavy atom. The fourth-order valence-corrected chi connectivity index (χ4v) is 5.45. The van der Waals surface area contributed by atoms with E-state index in [9.17, 15) is 13.2 Å². The summed E-state index contributed by atoms with van der Waals surface area (Å²) in [5.74, 6) is 0.239. The van der Waals surface area contributed by atoms with Gasteiger partial charge < -0.3 is 4.74 Å². The molecule has 0 N–H and O–H groups in total. The second-order valence-corrected chi connectivity index (χ2v) is 9.57. The normalized spacial score (nSPS) is 11.6. The number of benzene rings is 2. The molecule has 0 fully saturated rings. The van der Waals surface area contributed by atoms with Crippen LogP contribution in [0, 0.1) is 0 Å². The van der Waals surface area contributed by atoms with Crippen LogP contribution in [0.3, 0.4) is 0 Å². The first kappa shape index (κ1) is 24.0. The van der Waals surface area contributed by atoms with E-state index in [2.05, 4.69) is 10.2 Å². The highest BCUT2D eigenvalue weighted by atomic mass is 32.2. The van der Waals surface area contributed by atoms with Gasteiger partial charge in [0.2, 0.25) is 10.0 Å². The third-order valence-electron chi connectivity index (χ3n) is 4.71. The number of sulfonamides is 1. The smallest absolute Gasteiger partial charge is 0.316 e. The Morgan fingerprint density at radius 3 is 2.41 bits per heavy atom. The van der Waals surface area contributed by atoms with Crippen LogP contribution in [0.4, 0.5) is 0 Å². The molecule has 1 aromatic heterocycles. The molecule has 32 heavy (non-hydrogen) atoms. The van der Waals surface area contributed by atoms with Gasteiger partial charge in [-0.3, -0.25) is 9.36 Å². The minimum Gasteiger partial charge on any atom is -0.465 e. The lowest BCUT2D eigenvalue weighted by Crippen LogP contribution is -2.30. The molecule has 0 bridgehead atoms. The van der Waals surface area contributed by atoms with Crippen molar-refractivity contribution < 1.29 is 17.9 Å². The van der Waals surface area contributed by atoms with Crippen LogP contribution in [0.1, 0.15) is 20.8 Å². The Bertz CT molecular complexity index is 1160. The van der Waals surface area contributed by atoms with E-state index < -0.39 is 10.0 Å². The van der Waals surface area contributed by atoms with Crippen LogP contribution in [-0.4, -0.2) is 58.9 Å². The van der Waals surface area contributed by atoms with Crippen LogP contribution < -0.4 is 0 Å². The summed E-state index contributed by atoms with van der Waals surface area (Å²) in [7, 11) is -3.62. The number of hydrogen-bond acceptors (Lipinski definition) is 7. The summed E-state index contributed by atoms with van der Waals surface area (Å²) in [6, 6.07) is 16.2.